The van der Waals surface area contributed by atoms with Crippen molar-refractivity contribution in [2.75, 3.05) is 18.5 Å². The van der Waals surface area contributed by atoms with Crippen LogP contribution in [0.25, 0.3) is 0 Å². The molecule has 2 aromatic rings. The molecular formula is C17H18FN3O4. The first-order valence-corrected chi connectivity index (χ1v) is 7.90. The lowest BCUT2D eigenvalue weighted by Gasteiger charge is -2.36. The number of aromatic nitrogens is 2. The third-order valence-corrected chi connectivity index (χ3v) is 4.36. The van der Waals surface area contributed by atoms with E-state index in [1.165, 1.54) is 23.0 Å². The Bertz CT molecular complexity index is 766. The fourth-order valence-electron chi connectivity index (χ4n) is 3.03. The van der Waals surface area contributed by atoms with E-state index in [2.05, 4.69) is 10.4 Å². The van der Waals surface area contributed by atoms with Gasteiger partial charge in [0.2, 0.25) is 5.91 Å². The highest BCUT2D eigenvalue weighted by molar-refractivity contribution is 5.98. The first-order chi connectivity index (χ1) is 12.0. The normalized spacial score (nSPS) is 16.4. The predicted octanol–water partition coefficient (Wildman–Crippen LogP) is 1.79. The van der Waals surface area contributed by atoms with Crippen LogP contribution >= 0.6 is 0 Å². The highest BCUT2D eigenvalue weighted by Crippen LogP contribution is 2.36. The summed E-state index contributed by atoms with van der Waals surface area (Å²) in [6, 6.07) is 7.44. The Balaban J connectivity index is 1.83. The third kappa shape index (κ3) is 3.69. The van der Waals surface area contributed by atoms with Crippen LogP contribution in [0, 0.1) is 5.82 Å². The van der Waals surface area contributed by atoms with Crippen molar-refractivity contribution >= 4 is 17.7 Å². The van der Waals surface area contributed by atoms with Crippen molar-refractivity contribution in [3.63, 3.8) is 0 Å². The molecule has 0 saturated carbocycles. The average molecular weight is 347 g/mol. The van der Waals surface area contributed by atoms with Gasteiger partial charge in [0, 0.05) is 25.5 Å². The van der Waals surface area contributed by atoms with Gasteiger partial charge >= 0.3 is 5.97 Å². The van der Waals surface area contributed by atoms with E-state index in [0.29, 0.717) is 26.1 Å². The standard InChI is InChI=1S/C17H18FN3O4/c18-13-3-1-12(2-4-13)17(6-9-25-10-7-17)16(24)19-14-5-8-21(20-14)11-15(22)23/h1-5,8H,6-7,9-11H2,(H,22,23)(H,19,20,24). The quantitative estimate of drug-likeness (QED) is 0.860. The summed E-state index contributed by atoms with van der Waals surface area (Å²) in [6.45, 7) is 0.573. The highest BCUT2D eigenvalue weighted by Gasteiger charge is 2.42. The van der Waals surface area contributed by atoms with Gasteiger partial charge in [-0.25, -0.2) is 4.39 Å². The SMILES string of the molecule is O=C(O)Cn1ccc(NC(=O)C2(c3ccc(F)cc3)CCOCC2)n1. The lowest BCUT2D eigenvalue weighted by molar-refractivity contribution is -0.137. The summed E-state index contributed by atoms with van der Waals surface area (Å²) in [4.78, 5) is 23.7. The number of nitrogens with one attached hydrogen (secondary N) is 1. The topological polar surface area (TPSA) is 93.5 Å². The number of amides is 1. The molecule has 132 valence electrons. The van der Waals surface area contributed by atoms with Crippen molar-refractivity contribution in [3.8, 4) is 0 Å². The fraction of sp³-hybridized carbons (Fsp3) is 0.353. The van der Waals surface area contributed by atoms with Gasteiger partial charge in [-0.1, -0.05) is 12.1 Å². The van der Waals surface area contributed by atoms with Crippen LogP contribution in [0.5, 0.6) is 0 Å². The average Bonchev–Trinajstić information content (AvgIpc) is 3.02. The molecule has 1 aliphatic rings. The second-order valence-corrected chi connectivity index (χ2v) is 5.95. The van der Waals surface area contributed by atoms with E-state index in [1.54, 1.807) is 18.2 Å². The maximum atomic E-state index is 13.2. The number of ether oxygens (including phenoxy) is 1. The summed E-state index contributed by atoms with van der Waals surface area (Å²) < 4.78 is 19.9. The van der Waals surface area contributed by atoms with Gasteiger partial charge < -0.3 is 15.2 Å². The van der Waals surface area contributed by atoms with E-state index in [0.717, 1.165) is 5.56 Å². The monoisotopic (exact) mass is 347 g/mol. The van der Waals surface area contributed by atoms with Crippen molar-refractivity contribution in [1.82, 2.24) is 9.78 Å². The number of carboxylic acids is 1. The van der Waals surface area contributed by atoms with E-state index in [4.69, 9.17) is 9.84 Å². The summed E-state index contributed by atoms with van der Waals surface area (Å²) >= 11 is 0. The van der Waals surface area contributed by atoms with Gasteiger partial charge in [-0.3, -0.25) is 14.3 Å². The number of hydrogen-bond donors (Lipinski definition) is 2. The van der Waals surface area contributed by atoms with Crippen molar-refractivity contribution in [2.45, 2.75) is 24.8 Å². The number of carbonyl (C=O) groups is 2. The van der Waals surface area contributed by atoms with Gasteiger partial charge in [-0.15, -0.1) is 0 Å². The zero-order valence-electron chi connectivity index (χ0n) is 13.4. The molecule has 0 radical (unpaired) electrons. The predicted molar refractivity (Wildman–Crippen MR) is 86.6 cm³/mol. The Morgan fingerprint density at radius 1 is 1.24 bits per heavy atom. The number of aliphatic carboxylic acids is 1. The van der Waals surface area contributed by atoms with Crippen molar-refractivity contribution in [3.05, 3.63) is 47.9 Å². The molecule has 0 unspecified atom stereocenters. The Morgan fingerprint density at radius 3 is 2.56 bits per heavy atom. The summed E-state index contributed by atoms with van der Waals surface area (Å²) in [6.07, 6.45) is 2.43. The Hall–Kier alpha value is -2.74. The van der Waals surface area contributed by atoms with Crippen LogP contribution < -0.4 is 5.32 Å². The molecule has 1 saturated heterocycles. The first kappa shape index (κ1) is 17.1. The molecule has 7 nitrogen and oxygen atoms in total. The van der Waals surface area contributed by atoms with Crippen LogP contribution in [-0.4, -0.2) is 40.0 Å². The van der Waals surface area contributed by atoms with E-state index in [-0.39, 0.29) is 24.1 Å². The molecule has 1 amide bonds. The molecule has 8 heteroatoms. The molecular weight excluding hydrogens is 329 g/mol. The Morgan fingerprint density at radius 2 is 1.92 bits per heavy atom. The van der Waals surface area contributed by atoms with Crippen molar-refractivity contribution < 1.29 is 23.8 Å². The number of anilines is 1. The van der Waals surface area contributed by atoms with Gasteiger partial charge in [-0.05, 0) is 30.5 Å². The van der Waals surface area contributed by atoms with Gasteiger partial charge in [-0.2, -0.15) is 5.10 Å². The van der Waals surface area contributed by atoms with Crippen LogP contribution in [0.4, 0.5) is 10.2 Å². The molecule has 1 aromatic carbocycles. The van der Waals surface area contributed by atoms with Gasteiger partial charge in [0.15, 0.2) is 5.82 Å². The molecule has 3 rings (SSSR count). The third-order valence-electron chi connectivity index (χ3n) is 4.36. The number of carbonyl (C=O) groups excluding carboxylic acids is 1. The Kier molecular flexibility index (Phi) is 4.80. The Labute approximate surface area is 143 Å². The number of rotatable bonds is 5. The second-order valence-electron chi connectivity index (χ2n) is 5.95. The minimum Gasteiger partial charge on any atom is -0.480 e. The van der Waals surface area contributed by atoms with Crippen molar-refractivity contribution in [1.29, 1.82) is 0 Å². The largest absolute Gasteiger partial charge is 0.480 e. The molecule has 1 aromatic heterocycles. The summed E-state index contributed by atoms with van der Waals surface area (Å²) in [5.41, 5.74) is -0.109. The van der Waals surface area contributed by atoms with E-state index < -0.39 is 11.4 Å². The van der Waals surface area contributed by atoms with E-state index in [9.17, 15) is 14.0 Å². The zero-order valence-corrected chi connectivity index (χ0v) is 13.4. The summed E-state index contributed by atoms with van der Waals surface area (Å²) in [7, 11) is 0. The van der Waals surface area contributed by atoms with Crippen LogP contribution in [0.3, 0.4) is 0 Å². The summed E-state index contributed by atoms with van der Waals surface area (Å²) in [5, 5.41) is 15.6. The number of nitrogens with zero attached hydrogens (tertiary/aromatic N) is 2. The van der Waals surface area contributed by atoms with Crippen LogP contribution in [0.2, 0.25) is 0 Å². The molecule has 2 heterocycles. The molecule has 1 fully saturated rings. The molecule has 2 N–H and O–H groups in total. The van der Waals surface area contributed by atoms with E-state index >= 15 is 0 Å². The maximum absolute atomic E-state index is 13.2. The van der Waals surface area contributed by atoms with Gasteiger partial charge in [0.05, 0.1) is 5.41 Å². The maximum Gasteiger partial charge on any atom is 0.325 e. The zero-order chi connectivity index (χ0) is 17.9. The molecule has 0 atom stereocenters. The molecule has 0 aliphatic carbocycles. The number of hydrogen-bond acceptors (Lipinski definition) is 4. The molecule has 1 aliphatic heterocycles. The van der Waals surface area contributed by atoms with Gasteiger partial charge in [0.1, 0.15) is 12.4 Å². The second kappa shape index (κ2) is 7.02. The highest BCUT2D eigenvalue weighted by atomic mass is 19.1. The fourth-order valence-corrected chi connectivity index (χ4v) is 3.03. The first-order valence-electron chi connectivity index (χ1n) is 7.90. The number of benzene rings is 1. The minimum absolute atomic E-state index is 0.261. The van der Waals surface area contributed by atoms with Gasteiger partial charge in [0.25, 0.3) is 0 Å². The van der Waals surface area contributed by atoms with E-state index in [1.807, 2.05) is 0 Å². The lowest BCUT2D eigenvalue weighted by Crippen LogP contribution is -2.45. The molecule has 0 spiro atoms. The summed E-state index contributed by atoms with van der Waals surface area (Å²) in [5.74, 6) is -1.37. The molecule has 25 heavy (non-hydrogen) atoms. The number of halogens is 1. The lowest BCUT2D eigenvalue weighted by atomic mass is 9.73. The number of carboxylic acid groups (broad SMARTS) is 1. The van der Waals surface area contributed by atoms with Crippen molar-refractivity contribution in [2.24, 2.45) is 0 Å². The minimum atomic E-state index is -1.02. The van der Waals surface area contributed by atoms with Crippen LogP contribution in [0.15, 0.2) is 36.5 Å². The van der Waals surface area contributed by atoms with Crippen LogP contribution in [-0.2, 0) is 26.3 Å². The smallest absolute Gasteiger partial charge is 0.325 e. The van der Waals surface area contributed by atoms with Crippen LogP contribution in [0.1, 0.15) is 18.4 Å². The molecule has 0 bridgehead atoms.